The maximum atomic E-state index is 13.1. The van der Waals surface area contributed by atoms with Crippen LogP contribution in [0.3, 0.4) is 0 Å². The number of nitrogens with zero attached hydrogens (tertiary/aromatic N) is 2. The first kappa shape index (κ1) is 13.3. The van der Waals surface area contributed by atoms with Crippen LogP contribution in [0.15, 0.2) is 47.0 Å². The summed E-state index contributed by atoms with van der Waals surface area (Å²) in [4.78, 5) is 4.31. The Bertz CT molecular complexity index is 783. The molecule has 0 radical (unpaired) electrons. The van der Waals surface area contributed by atoms with Crippen molar-refractivity contribution in [1.82, 2.24) is 10.1 Å². The molecule has 0 fully saturated rings. The van der Waals surface area contributed by atoms with Gasteiger partial charge in [0.1, 0.15) is 11.6 Å². The number of aryl methyl sites for hydroxylation is 1. The summed E-state index contributed by atoms with van der Waals surface area (Å²) in [5, 5.41) is 13.4. The van der Waals surface area contributed by atoms with E-state index in [1.165, 1.54) is 12.1 Å². The molecule has 21 heavy (non-hydrogen) atoms. The lowest BCUT2D eigenvalue weighted by Crippen LogP contribution is -1.90. The third kappa shape index (κ3) is 2.91. The lowest BCUT2D eigenvalue weighted by Gasteiger charge is -1.99. The Hall–Kier alpha value is -2.69. The smallest absolute Gasteiger partial charge is 0.231 e. The van der Waals surface area contributed by atoms with Gasteiger partial charge in [0.2, 0.25) is 11.7 Å². The normalized spacial score (nSPS) is 10.8. The molecule has 0 aliphatic rings. The molecule has 1 aromatic heterocycles. The summed E-state index contributed by atoms with van der Waals surface area (Å²) in [6, 6.07) is 11.3. The summed E-state index contributed by atoms with van der Waals surface area (Å²) in [5.74, 6) is 0.781. The standard InChI is InChI=1S/C16H13FN2O2/c1-10-7-12(17)5-6-14(10)16-18-15(21-19-16)9-11-3-2-4-13(20)8-11/h2-8,20H,9H2,1H3. The van der Waals surface area contributed by atoms with Gasteiger partial charge in [0.25, 0.3) is 0 Å². The number of phenolic OH excluding ortho intramolecular Hbond substituents is 1. The highest BCUT2D eigenvalue weighted by atomic mass is 19.1. The van der Waals surface area contributed by atoms with Crippen LogP contribution in [0, 0.1) is 12.7 Å². The van der Waals surface area contributed by atoms with E-state index in [9.17, 15) is 9.50 Å². The van der Waals surface area contributed by atoms with Crippen LogP contribution in [-0.4, -0.2) is 15.2 Å². The topological polar surface area (TPSA) is 59.2 Å². The van der Waals surface area contributed by atoms with Crippen LogP contribution in [0.1, 0.15) is 17.0 Å². The van der Waals surface area contributed by atoms with Gasteiger partial charge in [-0.15, -0.1) is 0 Å². The van der Waals surface area contributed by atoms with Crippen LogP contribution >= 0.6 is 0 Å². The minimum absolute atomic E-state index is 0.196. The predicted molar refractivity (Wildman–Crippen MR) is 75.3 cm³/mol. The van der Waals surface area contributed by atoms with Gasteiger partial charge in [-0.05, 0) is 48.4 Å². The van der Waals surface area contributed by atoms with Crippen molar-refractivity contribution in [2.24, 2.45) is 0 Å². The second kappa shape index (κ2) is 5.36. The van der Waals surface area contributed by atoms with Crippen molar-refractivity contribution in [3.05, 3.63) is 65.3 Å². The fourth-order valence-corrected chi connectivity index (χ4v) is 2.16. The fourth-order valence-electron chi connectivity index (χ4n) is 2.16. The Morgan fingerprint density at radius 1 is 1.19 bits per heavy atom. The summed E-state index contributed by atoms with van der Waals surface area (Å²) in [6.07, 6.45) is 0.432. The molecule has 0 saturated carbocycles. The first-order valence-corrected chi connectivity index (χ1v) is 6.49. The number of phenols is 1. The Labute approximate surface area is 120 Å². The number of hydrogen-bond donors (Lipinski definition) is 1. The van der Waals surface area contributed by atoms with Crippen molar-refractivity contribution in [1.29, 1.82) is 0 Å². The van der Waals surface area contributed by atoms with Crippen molar-refractivity contribution in [2.45, 2.75) is 13.3 Å². The molecule has 5 heteroatoms. The van der Waals surface area contributed by atoms with Crippen molar-refractivity contribution >= 4 is 0 Å². The van der Waals surface area contributed by atoms with Crippen molar-refractivity contribution in [3.8, 4) is 17.1 Å². The molecule has 0 unspecified atom stereocenters. The van der Waals surface area contributed by atoms with E-state index in [0.29, 0.717) is 18.1 Å². The number of rotatable bonds is 3. The number of halogens is 1. The summed E-state index contributed by atoms with van der Waals surface area (Å²) in [7, 11) is 0. The van der Waals surface area contributed by atoms with E-state index in [-0.39, 0.29) is 11.6 Å². The minimum Gasteiger partial charge on any atom is -0.508 e. The highest BCUT2D eigenvalue weighted by Gasteiger charge is 2.12. The Balaban J connectivity index is 1.86. The van der Waals surface area contributed by atoms with Crippen LogP contribution in [-0.2, 0) is 6.42 Å². The molecule has 1 heterocycles. The SMILES string of the molecule is Cc1cc(F)ccc1-c1noc(Cc2cccc(O)c2)n1. The number of benzene rings is 2. The van der Waals surface area contributed by atoms with Gasteiger partial charge in [0.15, 0.2) is 0 Å². The molecule has 2 aromatic carbocycles. The first-order valence-electron chi connectivity index (χ1n) is 6.49. The van der Waals surface area contributed by atoms with E-state index in [2.05, 4.69) is 10.1 Å². The lowest BCUT2D eigenvalue weighted by atomic mass is 10.1. The highest BCUT2D eigenvalue weighted by Crippen LogP contribution is 2.22. The molecular weight excluding hydrogens is 271 g/mol. The third-order valence-electron chi connectivity index (χ3n) is 3.16. The summed E-state index contributed by atoms with van der Waals surface area (Å²) in [6.45, 7) is 1.80. The molecular formula is C16H13FN2O2. The third-order valence-corrected chi connectivity index (χ3v) is 3.16. The summed E-state index contributed by atoms with van der Waals surface area (Å²) >= 11 is 0. The molecule has 0 atom stereocenters. The van der Waals surface area contributed by atoms with Crippen LogP contribution in [0.4, 0.5) is 4.39 Å². The molecule has 1 N–H and O–H groups in total. The summed E-state index contributed by atoms with van der Waals surface area (Å²) in [5.41, 5.74) is 2.36. The van der Waals surface area contributed by atoms with Gasteiger partial charge < -0.3 is 9.63 Å². The zero-order valence-corrected chi connectivity index (χ0v) is 11.4. The Morgan fingerprint density at radius 3 is 2.81 bits per heavy atom. The van der Waals surface area contributed by atoms with Gasteiger partial charge in [0.05, 0.1) is 6.42 Å². The van der Waals surface area contributed by atoms with Crippen LogP contribution in [0.2, 0.25) is 0 Å². The molecule has 0 aliphatic heterocycles. The van der Waals surface area contributed by atoms with E-state index in [0.717, 1.165) is 16.7 Å². The van der Waals surface area contributed by atoms with Gasteiger partial charge in [-0.1, -0.05) is 17.3 Å². The highest BCUT2D eigenvalue weighted by molar-refractivity contribution is 5.59. The van der Waals surface area contributed by atoms with E-state index < -0.39 is 0 Å². The van der Waals surface area contributed by atoms with E-state index in [1.807, 2.05) is 6.07 Å². The van der Waals surface area contributed by atoms with E-state index >= 15 is 0 Å². The van der Waals surface area contributed by atoms with Crippen molar-refractivity contribution in [3.63, 3.8) is 0 Å². The average Bonchev–Trinajstić information content (AvgIpc) is 2.87. The van der Waals surface area contributed by atoms with Crippen LogP contribution in [0.5, 0.6) is 5.75 Å². The fraction of sp³-hybridized carbons (Fsp3) is 0.125. The molecule has 0 amide bonds. The first-order chi connectivity index (χ1) is 10.1. The lowest BCUT2D eigenvalue weighted by molar-refractivity contribution is 0.385. The number of aromatic nitrogens is 2. The second-order valence-electron chi connectivity index (χ2n) is 4.82. The molecule has 3 rings (SSSR count). The monoisotopic (exact) mass is 284 g/mol. The maximum absolute atomic E-state index is 13.1. The average molecular weight is 284 g/mol. The molecule has 0 spiro atoms. The van der Waals surface area contributed by atoms with Gasteiger partial charge in [-0.25, -0.2) is 4.39 Å². The zero-order valence-electron chi connectivity index (χ0n) is 11.4. The Kier molecular flexibility index (Phi) is 3.39. The summed E-state index contributed by atoms with van der Waals surface area (Å²) < 4.78 is 18.3. The molecule has 0 saturated heterocycles. The van der Waals surface area contributed by atoms with Gasteiger partial charge >= 0.3 is 0 Å². The van der Waals surface area contributed by atoms with Gasteiger partial charge in [-0.2, -0.15) is 4.98 Å². The van der Waals surface area contributed by atoms with Gasteiger partial charge in [0, 0.05) is 5.56 Å². The Morgan fingerprint density at radius 2 is 2.05 bits per heavy atom. The van der Waals surface area contributed by atoms with Crippen molar-refractivity contribution < 1.29 is 14.0 Å². The largest absolute Gasteiger partial charge is 0.508 e. The number of hydrogen-bond acceptors (Lipinski definition) is 4. The van der Waals surface area contributed by atoms with E-state index in [1.54, 1.807) is 31.2 Å². The maximum Gasteiger partial charge on any atom is 0.231 e. The molecule has 0 aliphatic carbocycles. The zero-order chi connectivity index (χ0) is 14.8. The van der Waals surface area contributed by atoms with Crippen LogP contribution in [0.25, 0.3) is 11.4 Å². The minimum atomic E-state index is -0.292. The molecule has 106 valence electrons. The molecule has 0 bridgehead atoms. The molecule has 3 aromatic rings. The molecule has 4 nitrogen and oxygen atoms in total. The van der Waals surface area contributed by atoms with Gasteiger partial charge in [-0.3, -0.25) is 0 Å². The second-order valence-corrected chi connectivity index (χ2v) is 4.82. The number of aromatic hydroxyl groups is 1. The van der Waals surface area contributed by atoms with Crippen LogP contribution < -0.4 is 0 Å². The predicted octanol–water partition coefficient (Wildman–Crippen LogP) is 3.48. The quantitative estimate of drug-likeness (QED) is 0.800. The van der Waals surface area contributed by atoms with Crippen molar-refractivity contribution in [2.75, 3.05) is 0 Å². The van der Waals surface area contributed by atoms with E-state index in [4.69, 9.17) is 4.52 Å².